The van der Waals surface area contributed by atoms with E-state index < -0.39 is 0 Å². The van der Waals surface area contributed by atoms with Gasteiger partial charge in [0.15, 0.2) is 11.5 Å². The topological polar surface area (TPSA) is 86.5 Å². The lowest BCUT2D eigenvalue weighted by Crippen LogP contribution is -2.27. The summed E-state index contributed by atoms with van der Waals surface area (Å²) in [4.78, 5) is 17.3. The molecule has 0 fully saturated rings. The molecule has 2 aromatic heterocycles. The predicted octanol–water partition coefficient (Wildman–Crippen LogP) is 4.32. The number of rotatable bonds is 6. The van der Waals surface area contributed by atoms with Crippen LogP contribution in [0.2, 0.25) is 0 Å². The number of hydrogen-bond acceptors (Lipinski definition) is 7. The van der Waals surface area contributed by atoms with Gasteiger partial charge in [0.2, 0.25) is 0 Å². The summed E-state index contributed by atoms with van der Waals surface area (Å²) < 4.78 is 16.5. The van der Waals surface area contributed by atoms with Gasteiger partial charge >= 0.3 is 0 Å². The number of benzene rings is 1. The summed E-state index contributed by atoms with van der Waals surface area (Å²) in [5.41, 5.74) is 2.29. The molecule has 1 aliphatic heterocycles. The third-order valence-corrected chi connectivity index (χ3v) is 5.71. The number of pyridine rings is 1. The number of carbonyl (C=O) groups is 1. The third kappa shape index (κ3) is 4.76. The average molecular weight is 426 g/mol. The number of fused-ring (bicyclic) bond motifs is 1. The van der Waals surface area contributed by atoms with Gasteiger partial charge in [-0.25, -0.2) is 4.98 Å². The van der Waals surface area contributed by atoms with Crippen molar-refractivity contribution in [3.8, 4) is 11.5 Å². The SMILES string of the molecule is Cc1cc(CSc2ncccc2C(=O)NC(C)c2ccc3c(c2)OCCCO3)no1. The fourth-order valence-electron chi connectivity index (χ4n) is 3.11. The van der Waals surface area contributed by atoms with Gasteiger partial charge in [0.25, 0.3) is 5.91 Å². The van der Waals surface area contributed by atoms with E-state index >= 15 is 0 Å². The van der Waals surface area contributed by atoms with Gasteiger partial charge < -0.3 is 19.3 Å². The Morgan fingerprint density at radius 1 is 1.20 bits per heavy atom. The molecule has 1 amide bonds. The Kier molecular flexibility index (Phi) is 6.23. The van der Waals surface area contributed by atoms with Gasteiger partial charge in [0, 0.05) is 24.4 Å². The van der Waals surface area contributed by atoms with E-state index in [1.807, 2.05) is 38.1 Å². The number of ether oxygens (including phenoxy) is 2. The maximum Gasteiger partial charge on any atom is 0.254 e. The van der Waals surface area contributed by atoms with E-state index in [9.17, 15) is 4.79 Å². The van der Waals surface area contributed by atoms with E-state index in [1.165, 1.54) is 11.8 Å². The molecule has 8 heteroatoms. The monoisotopic (exact) mass is 425 g/mol. The van der Waals surface area contributed by atoms with Crippen molar-refractivity contribution in [1.82, 2.24) is 15.5 Å². The molecular weight excluding hydrogens is 402 g/mol. The van der Waals surface area contributed by atoms with Crippen LogP contribution in [0.15, 0.2) is 52.1 Å². The summed E-state index contributed by atoms with van der Waals surface area (Å²) >= 11 is 1.45. The molecule has 0 aliphatic carbocycles. The molecule has 156 valence electrons. The number of aromatic nitrogens is 2. The fourth-order valence-corrected chi connectivity index (χ4v) is 3.99. The van der Waals surface area contributed by atoms with Gasteiger partial charge in [0.05, 0.1) is 30.5 Å². The summed E-state index contributed by atoms with van der Waals surface area (Å²) in [5.74, 6) is 2.61. The number of hydrogen-bond donors (Lipinski definition) is 1. The summed E-state index contributed by atoms with van der Waals surface area (Å²) in [6.07, 6.45) is 2.53. The first-order valence-electron chi connectivity index (χ1n) is 9.80. The van der Waals surface area contributed by atoms with Gasteiger partial charge in [-0.3, -0.25) is 4.79 Å². The number of nitrogens with zero attached hydrogens (tertiary/aromatic N) is 2. The summed E-state index contributed by atoms with van der Waals surface area (Å²) in [5, 5.41) is 7.70. The van der Waals surface area contributed by atoms with Crippen molar-refractivity contribution in [3.05, 3.63) is 65.2 Å². The molecule has 3 heterocycles. The number of carbonyl (C=O) groups excluding carboxylic acids is 1. The molecule has 0 saturated carbocycles. The summed E-state index contributed by atoms with van der Waals surface area (Å²) in [6, 6.07) is 11.0. The zero-order valence-corrected chi connectivity index (χ0v) is 17.7. The van der Waals surface area contributed by atoms with Crippen molar-refractivity contribution < 1.29 is 18.8 Å². The van der Waals surface area contributed by atoms with Crippen molar-refractivity contribution in [1.29, 1.82) is 0 Å². The van der Waals surface area contributed by atoms with E-state index in [0.29, 0.717) is 35.3 Å². The Morgan fingerprint density at radius 2 is 2.03 bits per heavy atom. The molecule has 3 aromatic rings. The second kappa shape index (κ2) is 9.21. The van der Waals surface area contributed by atoms with Crippen LogP contribution in [0.5, 0.6) is 11.5 Å². The maximum atomic E-state index is 13.0. The lowest BCUT2D eigenvalue weighted by Gasteiger charge is -2.17. The molecule has 1 aromatic carbocycles. The van der Waals surface area contributed by atoms with Crippen LogP contribution in [0.25, 0.3) is 0 Å². The fraction of sp³-hybridized carbons (Fsp3) is 0.318. The summed E-state index contributed by atoms with van der Waals surface area (Å²) in [7, 11) is 0. The lowest BCUT2D eigenvalue weighted by molar-refractivity contribution is 0.0936. The van der Waals surface area contributed by atoms with Crippen molar-refractivity contribution in [2.24, 2.45) is 0 Å². The van der Waals surface area contributed by atoms with Gasteiger partial charge in [-0.15, -0.1) is 0 Å². The lowest BCUT2D eigenvalue weighted by atomic mass is 10.1. The Labute approximate surface area is 179 Å². The minimum Gasteiger partial charge on any atom is -0.490 e. The second-order valence-electron chi connectivity index (χ2n) is 7.03. The Morgan fingerprint density at radius 3 is 2.83 bits per heavy atom. The average Bonchev–Trinajstić information content (AvgIpc) is 3.03. The quantitative estimate of drug-likeness (QED) is 0.589. The standard InChI is InChI=1S/C22H23N3O4S/c1-14-11-17(25-29-14)13-30-22-18(5-3-8-23-22)21(26)24-15(2)16-6-7-19-20(12-16)28-10-4-9-27-19/h3,5-8,11-12,15H,4,9-10,13H2,1-2H3,(H,24,26). The van der Waals surface area contributed by atoms with E-state index in [2.05, 4.69) is 15.5 Å². The first-order valence-corrected chi connectivity index (χ1v) is 10.8. The smallest absolute Gasteiger partial charge is 0.254 e. The molecule has 1 aliphatic rings. The van der Waals surface area contributed by atoms with Gasteiger partial charge in [-0.1, -0.05) is 23.0 Å². The van der Waals surface area contributed by atoms with Crippen LogP contribution in [-0.4, -0.2) is 29.3 Å². The molecule has 1 unspecified atom stereocenters. The van der Waals surface area contributed by atoms with Crippen LogP contribution in [0.1, 0.15) is 46.8 Å². The van der Waals surface area contributed by atoms with Gasteiger partial charge in [-0.05, 0) is 43.7 Å². The molecule has 0 saturated heterocycles. The van der Waals surface area contributed by atoms with Crippen molar-refractivity contribution >= 4 is 17.7 Å². The van der Waals surface area contributed by atoms with E-state index in [4.69, 9.17) is 14.0 Å². The molecule has 0 bridgehead atoms. The number of nitrogens with one attached hydrogen (secondary N) is 1. The Balaban J connectivity index is 1.45. The van der Waals surface area contributed by atoms with Gasteiger partial charge in [0.1, 0.15) is 10.8 Å². The largest absolute Gasteiger partial charge is 0.490 e. The molecule has 30 heavy (non-hydrogen) atoms. The van der Waals surface area contributed by atoms with Crippen LogP contribution < -0.4 is 14.8 Å². The normalized spacial score (nSPS) is 14.1. The molecular formula is C22H23N3O4S. The van der Waals surface area contributed by atoms with Crippen molar-refractivity contribution in [2.75, 3.05) is 13.2 Å². The van der Waals surface area contributed by atoms with Crippen LogP contribution in [-0.2, 0) is 5.75 Å². The highest BCUT2D eigenvalue weighted by Crippen LogP contribution is 2.32. The van der Waals surface area contributed by atoms with Crippen LogP contribution in [0.3, 0.4) is 0 Å². The molecule has 4 rings (SSSR count). The van der Waals surface area contributed by atoms with E-state index in [1.54, 1.807) is 18.3 Å². The first-order chi connectivity index (χ1) is 14.6. The van der Waals surface area contributed by atoms with Crippen LogP contribution >= 0.6 is 11.8 Å². The first kappa shape index (κ1) is 20.3. The van der Waals surface area contributed by atoms with Crippen LogP contribution in [0.4, 0.5) is 0 Å². The van der Waals surface area contributed by atoms with E-state index in [-0.39, 0.29) is 11.9 Å². The molecule has 1 N–H and O–H groups in total. The summed E-state index contributed by atoms with van der Waals surface area (Å²) in [6.45, 7) is 5.06. The number of amides is 1. The second-order valence-corrected chi connectivity index (χ2v) is 7.99. The zero-order chi connectivity index (χ0) is 20.9. The van der Waals surface area contributed by atoms with Crippen molar-refractivity contribution in [3.63, 3.8) is 0 Å². The maximum absolute atomic E-state index is 13.0. The zero-order valence-electron chi connectivity index (χ0n) is 16.9. The number of thioether (sulfide) groups is 1. The van der Waals surface area contributed by atoms with Crippen molar-refractivity contribution in [2.45, 2.75) is 37.1 Å². The molecule has 0 spiro atoms. The minimum atomic E-state index is -0.203. The minimum absolute atomic E-state index is 0.179. The highest BCUT2D eigenvalue weighted by atomic mass is 32.2. The molecule has 7 nitrogen and oxygen atoms in total. The highest BCUT2D eigenvalue weighted by Gasteiger charge is 2.18. The predicted molar refractivity (Wildman–Crippen MR) is 113 cm³/mol. The Bertz CT molecular complexity index is 1040. The van der Waals surface area contributed by atoms with Crippen LogP contribution in [0, 0.1) is 6.92 Å². The molecule has 1 atom stereocenters. The number of aryl methyl sites for hydroxylation is 1. The Hall–Kier alpha value is -3.00. The molecule has 0 radical (unpaired) electrons. The van der Waals surface area contributed by atoms with Gasteiger partial charge in [-0.2, -0.15) is 0 Å². The highest BCUT2D eigenvalue weighted by molar-refractivity contribution is 7.98. The third-order valence-electron chi connectivity index (χ3n) is 4.67. The van der Waals surface area contributed by atoms with E-state index in [0.717, 1.165) is 29.2 Å².